The van der Waals surface area contributed by atoms with Crippen LogP contribution in [0.25, 0.3) is 0 Å². The Morgan fingerprint density at radius 2 is 1.83 bits per heavy atom. The van der Waals surface area contributed by atoms with Gasteiger partial charge in [-0.1, -0.05) is 0 Å². The molecule has 0 saturated heterocycles. The number of carbonyl (C=O) groups excluding carboxylic acids is 1. The third-order valence-corrected chi connectivity index (χ3v) is 1.48. The number of nitrogens with zero attached hydrogens (tertiary/aromatic N) is 1. The third-order valence-electron chi connectivity index (χ3n) is 1.48. The minimum absolute atomic E-state index is 0. The van der Waals surface area contributed by atoms with E-state index in [-0.39, 0.29) is 70.9 Å². The summed E-state index contributed by atoms with van der Waals surface area (Å²) >= 11 is 0. The zero-order valence-electron chi connectivity index (χ0n) is 9.39. The largest absolute Gasteiger partial charge is 2.00 e. The molecule has 0 saturated carbocycles. The molecule has 0 unspecified atom stereocenters. The fourth-order valence-electron chi connectivity index (χ4n) is 0.823. The van der Waals surface area contributed by atoms with E-state index in [1.54, 1.807) is 0 Å². The van der Waals surface area contributed by atoms with Gasteiger partial charge in [-0.3, -0.25) is 0 Å². The Balaban J connectivity index is -0.000000332. The van der Waals surface area contributed by atoms with Crippen LogP contribution in [0, 0.1) is 10.1 Å². The van der Waals surface area contributed by atoms with Gasteiger partial charge in [-0.25, -0.2) is 4.79 Å². The van der Waals surface area contributed by atoms with E-state index in [1.807, 2.05) is 0 Å². The monoisotopic (exact) mass is 342 g/mol. The van der Waals surface area contributed by atoms with Crippen molar-refractivity contribution in [2.24, 2.45) is 0 Å². The number of rotatable bonds is 2. The maximum Gasteiger partial charge on any atom is 2.00 e. The molecule has 5 N–H and O–H groups in total. The summed E-state index contributed by atoms with van der Waals surface area (Å²) in [6.07, 6.45) is -2.78. The van der Waals surface area contributed by atoms with E-state index in [9.17, 15) is 4.79 Å². The maximum absolute atomic E-state index is 10.5. The molecule has 92 valence electrons. The number of hydrogen-bond acceptors (Lipinski definition) is 8. The first-order valence-electron chi connectivity index (χ1n) is 3.76. The smallest absolute Gasteiger partial charge is 0.505 e. The molecule has 10 nitrogen and oxygen atoms in total. The molecule has 0 aliphatic carbocycles. The first-order chi connectivity index (χ1) is 7.31. The van der Waals surface area contributed by atoms with E-state index < -0.39 is 41.4 Å². The fourth-order valence-corrected chi connectivity index (χ4v) is 0.823. The molecular weight excluding hydrogens is 335 g/mol. The Kier molecular flexibility index (Phi) is 14.3. The molecule has 0 aromatic rings. The summed E-state index contributed by atoms with van der Waals surface area (Å²) in [4.78, 5) is 18.9. The van der Waals surface area contributed by atoms with E-state index in [0.29, 0.717) is 0 Å². The Labute approximate surface area is 156 Å². The van der Waals surface area contributed by atoms with Crippen LogP contribution in [0.5, 0.6) is 0 Å². The van der Waals surface area contributed by atoms with Crippen molar-refractivity contribution in [3.05, 3.63) is 21.6 Å². The average molecular weight is 344 g/mol. The summed E-state index contributed by atoms with van der Waals surface area (Å²) in [6, 6.07) is 0. The molecule has 0 bridgehead atoms. The van der Waals surface area contributed by atoms with E-state index in [4.69, 9.17) is 35.7 Å². The maximum atomic E-state index is 10.5. The Morgan fingerprint density at radius 1 is 1.44 bits per heavy atom. The molecule has 0 aromatic heterocycles. The summed E-state index contributed by atoms with van der Waals surface area (Å²) < 4.78 is 4.32. The Morgan fingerprint density at radius 3 is 2.06 bits per heavy atom. The van der Waals surface area contributed by atoms with Gasteiger partial charge >= 0.3 is 76.8 Å². The van der Waals surface area contributed by atoms with Crippen LogP contribution >= 0.6 is 0 Å². The minimum atomic E-state index is -1.50. The molecule has 1 heterocycles. The SMILES string of the molecule is O=C1O[C@H]([C@@H](O)CO)C(O)=C1O.O=[N+]([O-])O.[K+].[Zn+2]. The second-order valence-corrected chi connectivity index (χ2v) is 2.55. The molecule has 0 spiro atoms. The summed E-state index contributed by atoms with van der Waals surface area (Å²) in [5.74, 6) is -2.78. The molecule has 2 atom stereocenters. The molecule has 0 amide bonds. The number of esters is 1. The molecule has 18 heavy (non-hydrogen) atoms. The second-order valence-electron chi connectivity index (χ2n) is 2.55. The minimum Gasteiger partial charge on any atom is -0.505 e. The molecule has 1 aliphatic rings. The van der Waals surface area contributed by atoms with Gasteiger partial charge in [-0.2, -0.15) is 0 Å². The van der Waals surface area contributed by atoms with Crippen LogP contribution in [0.4, 0.5) is 0 Å². The fraction of sp³-hybridized carbons (Fsp3) is 0.500. The molecule has 0 aromatic carbocycles. The van der Waals surface area contributed by atoms with Crippen LogP contribution in [0.1, 0.15) is 0 Å². The van der Waals surface area contributed by atoms with Crippen LogP contribution in [0.2, 0.25) is 0 Å². The normalized spacial score (nSPS) is 18.6. The predicted molar refractivity (Wildman–Crippen MR) is 44.0 cm³/mol. The summed E-state index contributed by atoms with van der Waals surface area (Å²) in [5, 5.41) is 48.7. The first-order valence-corrected chi connectivity index (χ1v) is 3.76. The number of hydrogen-bond donors (Lipinski definition) is 5. The quantitative estimate of drug-likeness (QED) is 0.143. The number of aliphatic hydroxyl groups excluding tert-OH is 4. The van der Waals surface area contributed by atoms with Crippen molar-refractivity contribution in [2.75, 3.05) is 6.61 Å². The van der Waals surface area contributed by atoms with Gasteiger partial charge in [0.25, 0.3) is 5.09 Å². The van der Waals surface area contributed by atoms with Crippen LogP contribution < -0.4 is 51.4 Å². The third kappa shape index (κ3) is 7.59. The van der Waals surface area contributed by atoms with Gasteiger partial charge in [0, 0.05) is 0 Å². The average Bonchev–Trinajstić information content (AvgIpc) is 2.44. The zero-order valence-corrected chi connectivity index (χ0v) is 15.5. The summed E-state index contributed by atoms with van der Waals surface area (Å²) in [5.41, 5.74) is 0. The standard InChI is InChI=1S/C6H8O6.K.HNO3.Zn/c7-1-2(8)5-3(9)4(10)6(11)12-5;;2-1(3)4;/h2,5,7-10H,1H2;;(H,2,3,4);/q;+1;;+2/t2-,5+;;;/m0.../s1. The van der Waals surface area contributed by atoms with Gasteiger partial charge in [-0.05, 0) is 0 Å². The molecule has 0 radical (unpaired) electrons. The van der Waals surface area contributed by atoms with Crippen molar-refractivity contribution in [2.45, 2.75) is 12.2 Å². The second kappa shape index (κ2) is 11.1. The Hall–Kier alpha value is 0.190. The first kappa shape index (κ1) is 23.3. The van der Waals surface area contributed by atoms with Crippen LogP contribution in [0.3, 0.4) is 0 Å². The van der Waals surface area contributed by atoms with Crippen LogP contribution in [-0.2, 0) is 29.0 Å². The zero-order chi connectivity index (χ0) is 12.9. The van der Waals surface area contributed by atoms with E-state index in [1.165, 1.54) is 0 Å². The predicted octanol–water partition coefficient (Wildman–Crippen LogP) is -4.75. The van der Waals surface area contributed by atoms with Gasteiger partial charge in [0.15, 0.2) is 11.9 Å². The van der Waals surface area contributed by atoms with Crippen LogP contribution in [0.15, 0.2) is 11.5 Å². The van der Waals surface area contributed by atoms with Crippen molar-refractivity contribution in [3.63, 3.8) is 0 Å². The van der Waals surface area contributed by atoms with Gasteiger partial charge in [0.1, 0.15) is 6.10 Å². The van der Waals surface area contributed by atoms with Gasteiger partial charge in [0.2, 0.25) is 5.76 Å². The number of aliphatic hydroxyl groups is 4. The van der Waals surface area contributed by atoms with Crippen molar-refractivity contribution in [1.82, 2.24) is 0 Å². The number of ether oxygens (including phenoxy) is 1. The molecule has 12 heteroatoms. The molecule has 1 aliphatic heterocycles. The van der Waals surface area contributed by atoms with Gasteiger partial charge < -0.3 is 30.4 Å². The number of carbonyl (C=O) groups is 1. The molecule has 0 fully saturated rings. The van der Waals surface area contributed by atoms with E-state index in [2.05, 4.69) is 4.74 Å². The summed E-state index contributed by atoms with van der Waals surface area (Å²) in [7, 11) is 0. The topological polar surface area (TPSA) is 171 Å². The van der Waals surface area contributed by atoms with Crippen LogP contribution in [-0.4, -0.2) is 55.5 Å². The van der Waals surface area contributed by atoms with E-state index in [0.717, 1.165) is 0 Å². The van der Waals surface area contributed by atoms with Crippen molar-refractivity contribution < 1.29 is 111 Å². The van der Waals surface area contributed by atoms with Crippen molar-refractivity contribution in [3.8, 4) is 0 Å². The van der Waals surface area contributed by atoms with E-state index >= 15 is 0 Å². The number of cyclic esters (lactones) is 1. The molecular formula is C6H9KNO9Zn+3. The summed E-state index contributed by atoms with van der Waals surface area (Å²) in [6.45, 7) is -0.671. The van der Waals surface area contributed by atoms with Gasteiger partial charge in [-0.15, -0.1) is 10.1 Å². The van der Waals surface area contributed by atoms with Crippen molar-refractivity contribution in [1.29, 1.82) is 0 Å². The molecule has 1 rings (SSSR count). The van der Waals surface area contributed by atoms with Crippen molar-refractivity contribution >= 4 is 5.97 Å². The Bertz CT molecular complexity index is 318. The van der Waals surface area contributed by atoms with Gasteiger partial charge in [0.05, 0.1) is 6.61 Å².